The smallest absolute Gasteiger partial charge is 0.264 e. The van der Waals surface area contributed by atoms with E-state index in [1.165, 1.54) is 11.3 Å². The van der Waals surface area contributed by atoms with E-state index in [1.807, 2.05) is 30.0 Å². The molecule has 4 heterocycles. The van der Waals surface area contributed by atoms with Gasteiger partial charge in [-0.25, -0.2) is 4.98 Å². The monoisotopic (exact) mass is 394 g/mol. The number of thiophene rings is 1. The highest BCUT2D eigenvalue weighted by atomic mass is 32.1. The van der Waals surface area contributed by atoms with Gasteiger partial charge in [0.1, 0.15) is 10.7 Å². The molecule has 2 aliphatic rings. The standard InChI is InChI=1S/C21H22N4O2S/c1-12-17-19(23-16-8-5-9-25(16)20(17)26)28-18(12)21(27)24-10-14(15(22)11-24)13-6-3-2-4-7-13/h2-4,6-7,14-15H,5,8-11,22H2,1H3/t14-,15+/m0/s1. The molecule has 0 bridgehead atoms. The number of carbonyl (C=O) groups is 1. The van der Waals surface area contributed by atoms with Crippen molar-refractivity contribution < 1.29 is 4.79 Å². The first-order valence-electron chi connectivity index (χ1n) is 9.67. The Bertz CT molecular complexity index is 1130. The van der Waals surface area contributed by atoms with Crippen molar-refractivity contribution in [3.63, 3.8) is 0 Å². The Balaban J connectivity index is 1.49. The van der Waals surface area contributed by atoms with E-state index >= 15 is 0 Å². The lowest BCUT2D eigenvalue weighted by molar-refractivity contribution is 0.0793. The van der Waals surface area contributed by atoms with E-state index in [-0.39, 0.29) is 23.4 Å². The molecule has 0 spiro atoms. The average molecular weight is 395 g/mol. The van der Waals surface area contributed by atoms with Gasteiger partial charge in [0, 0.05) is 38.0 Å². The van der Waals surface area contributed by atoms with E-state index in [0.717, 1.165) is 36.3 Å². The second kappa shape index (κ2) is 6.53. The molecular weight excluding hydrogens is 372 g/mol. The molecule has 0 radical (unpaired) electrons. The molecule has 1 amide bonds. The van der Waals surface area contributed by atoms with Gasteiger partial charge in [-0.2, -0.15) is 0 Å². The summed E-state index contributed by atoms with van der Waals surface area (Å²) in [7, 11) is 0. The minimum atomic E-state index is -0.0893. The molecule has 2 atom stereocenters. The number of nitrogens with zero attached hydrogens (tertiary/aromatic N) is 3. The zero-order valence-electron chi connectivity index (χ0n) is 15.7. The van der Waals surface area contributed by atoms with E-state index in [1.54, 1.807) is 4.57 Å². The molecule has 1 aromatic carbocycles. The number of aryl methyl sites for hydroxylation is 2. The van der Waals surface area contributed by atoms with Crippen molar-refractivity contribution in [2.75, 3.05) is 13.1 Å². The van der Waals surface area contributed by atoms with Crippen LogP contribution in [0.25, 0.3) is 10.2 Å². The number of fused-ring (bicyclic) bond motifs is 2. The summed E-state index contributed by atoms with van der Waals surface area (Å²) in [5.74, 6) is 0.927. The van der Waals surface area contributed by atoms with Gasteiger partial charge in [0.05, 0.1) is 10.3 Å². The molecule has 1 saturated heterocycles. The molecule has 0 unspecified atom stereocenters. The molecule has 0 saturated carbocycles. The Labute approximate surface area is 166 Å². The second-order valence-electron chi connectivity index (χ2n) is 7.72. The van der Waals surface area contributed by atoms with Gasteiger partial charge >= 0.3 is 0 Å². The van der Waals surface area contributed by atoms with Gasteiger partial charge in [-0.3, -0.25) is 14.2 Å². The van der Waals surface area contributed by atoms with E-state index < -0.39 is 0 Å². The number of hydrogen-bond donors (Lipinski definition) is 1. The number of benzene rings is 1. The third kappa shape index (κ3) is 2.61. The number of likely N-dealkylation sites (tertiary alicyclic amines) is 1. The molecule has 6 nitrogen and oxygen atoms in total. The SMILES string of the molecule is Cc1c(C(=O)N2C[C@@H](N)[C@H](c3ccccc3)C2)sc2nc3n(c(=O)c12)CCC3. The van der Waals surface area contributed by atoms with Crippen LogP contribution in [-0.4, -0.2) is 39.5 Å². The second-order valence-corrected chi connectivity index (χ2v) is 8.71. The molecule has 5 rings (SSSR count). The molecular formula is C21H22N4O2S. The summed E-state index contributed by atoms with van der Waals surface area (Å²) < 4.78 is 1.76. The number of carbonyl (C=O) groups excluding carboxylic acids is 1. The normalized spacial score (nSPS) is 21.4. The van der Waals surface area contributed by atoms with Gasteiger partial charge in [0.25, 0.3) is 11.5 Å². The number of rotatable bonds is 2. The summed E-state index contributed by atoms with van der Waals surface area (Å²) in [6, 6.07) is 10.0. The van der Waals surface area contributed by atoms with Crippen molar-refractivity contribution in [1.82, 2.24) is 14.5 Å². The number of hydrogen-bond acceptors (Lipinski definition) is 5. The van der Waals surface area contributed by atoms with Gasteiger partial charge in [0.2, 0.25) is 0 Å². The zero-order valence-corrected chi connectivity index (χ0v) is 16.5. The van der Waals surface area contributed by atoms with Gasteiger partial charge < -0.3 is 10.6 Å². The maximum atomic E-state index is 13.3. The third-order valence-corrected chi connectivity index (χ3v) is 7.16. The lowest BCUT2D eigenvalue weighted by Gasteiger charge is -2.16. The molecule has 2 N–H and O–H groups in total. The van der Waals surface area contributed by atoms with Crippen LogP contribution in [0.2, 0.25) is 0 Å². The summed E-state index contributed by atoms with van der Waals surface area (Å²) in [5, 5.41) is 0.599. The van der Waals surface area contributed by atoms with Crippen molar-refractivity contribution in [3.8, 4) is 0 Å². The van der Waals surface area contributed by atoms with Crippen LogP contribution >= 0.6 is 11.3 Å². The van der Waals surface area contributed by atoms with E-state index in [2.05, 4.69) is 17.1 Å². The Morgan fingerprint density at radius 1 is 1.25 bits per heavy atom. The quantitative estimate of drug-likeness (QED) is 0.723. The number of amides is 1. The van der Waals surface area contributed by atoms with Crippen molar-refractivity contribution in [2.45, 2.75) is 38.3 Å². The first kappa shape index (κ1) is 17.6. The van der Waals surface area contributed by atoms with Crippen LogP contribution < -0.4 is 11.3 Å². The highest BCUT2D eigenvalue weighted by Crippen LogP contribution is 2.33. The number of nitrogens with two attached hydrogens (primary N) is 1. The minimum Gasteiger partial charge on any atom is -0.336 e. The Morgan fingerprint density at radius 2 is 2.04 bits per heavy atom. The molecule has 2 aromatic heterocycles. The highest BCUT2D eigenvalue weighted by Gasteiger charge is 2.36. The van der Waals surface area contributed by atoms with E-state index in [9.17, 15) is 9.59 Å². The fourth-order valence-corrected chi connectivity index (χ4v) is 5.63. The van der Waals surface area contributed by atoms with E-state index in [4.69, 9.17) is 5.73 Å². The van der Waals surface area contributed by atoms with Crippen molar-refractivity contribution in [2.24, 2.45) is 5.73 Å². The Hall–Kier alpha value is -2.51. The Morgan fingerprint density at radius 3 is 2.82 bits per heavy atom. The lowest BCUT2D eigenvalue weighted by Crippen LogP contribution is -2.32. The maximum Gasteiger partial charge on any atom is 0.264 e. The van der Waals surface area contributed by atoms with E-state index in [0.29, 0.717) is 28.2 Å². The summed E-state index contributed by atoms with van der Waals surface area (Å²) in [4.78, 5) is 33.9. The van der Waals surface area contributed by atoms with Crippen molar-refractivity contribution in [1.29, 1.82) is 0 Å². The maximum absolute atomic E-state index is 13.3. The van der Waals surface area contributed by atoms with Crippen LogP contribution in [0.3, 0.4) is 0 Å². The van der Waals surface area contributed by atoms with Crippen LogP contribution in [0.4, 0.5) is 0 Å². The molecule has 2 aliphatic heterocycles. The van der Waals surface area contributed by atoms with Crippen LogP contribution in [0, 0.1) is 6.92 Å². The first-order valence-corrected chi connectivity index (χ1v) is 10.5. The van der Waals surface area contributed by atoms with Crippen LogP contribution in [0.5, 0.6) is 0 Å². The van der Waals surface area contributed by atoms with Crippen molar-refractivity contribution >= 4 is 27.5 Å². The van der Waals surface area contributed by atoms with Gasteiger partial charge in [-0.05, 0) is 24.5 Å². The number of aromatic nitrogens is 2. The fourth-order valence-electron chi connectivity index (χ4n) is 4.47. The predicted octanol–water partition coefficient (Wildman–Crippen LogP) is 2.28. The molecule has 3 aromatic rings. The first-order chi connectivity index (χ1) is 13.5. The third-order valence-electron chi connectivity index (χ3n) is 5.99. The Kier molecular flexibility index (Phi) is 4.10. The predicted molar refractivity (Wildman–Crippen MR) is 110 cm³/mol. The minimum absolute atomic E-state index is 0.00872. The summed E-state index contributed by atoms with van der Waals surface area (Å²) in [5.41, 5.74) is 8.27. The lowest BCUT2D eigenvalue weighted by atomic mass is 9.95. The largest absolute Gasteiger partial charge is 0.336 e. The van der Waals surface area contributed by atoms with Gasteiger partial charge in [-0.1, -0.05) is 30.3 Å². The van der Waals surface area contributed by atoms with Gasteiger partial charge in [-0.15, -0.1) is 11.3 Å². The van der Waals surface area contributed by atoms with Gasteiger partial charge in [0.15, 0.2) is 0 Å². The van der Waals surface area contributed by atoms with Crippen molar-refractivity contribution in [3.05, 3.63) is 62.5 Å². The fraction of sp³-hybridized carbons (Fsp3) is 0.381. The summed E-state index contributed by atoms with van der Waals surface area (Å²) in [6.45, 7) is 3.70. The molecule has 144 valence electrons. The van der Waals surface area contributed by atoms with Crippen LogP contribution in [-0.2, 0) is 13.0 Å². The summed E-state index contributed by atoms with van der Waals surface area (Å²) >= 11 is 1.34. The average Bonchev–Trinajstić information content (AvgIpc) is 3.40. The summed E-state index contributed by atoms with van der Waals surface area (Å²) in [6.07, 6.45) is 1.78. The van der Waals surface area contributed by atoms with Crippen LogP contribution in [0.15, 0.2) is 35.1 Å². The molecule has 0 aliphatic carbocycles. The molecule has 28 heavy (non-hydrogen) atoms. The zero-order chi connectivity index (χ0) is 19.4. The molecule has 1 fully saturated rings. The van der Waals surface area contributed by atoms with Crippen LogP contribution in [0.1, 0.15) is 39.0 Å². The molecule has 7 heteroatoms. The topological polar surface area (TPSA) is 81.2 Å². The highest BCUT2D eigenvalue weighted by molar-refractivity contribution is 7.20.